The van der Waals surface area contributed by atoms with Crippen LogP contribution in [0.1, 0.15) is 41.9 Å². The maximum absolute atomic E-state index is 13.5. The van der Waals surface area contributed by atoms with Crippen LogP contribution < -0.4 is 0 Å². The largest absolute Gasteiger partial charge is 0.480 e. The minimum atomic E-state index is -2.37. The van der Waals surface area contributed by atoms with Gasteiger partial charge in [0.05, 0.1) is 16.2 Å². The molecule has 2 aromatic carbocycles. The fraction of sp³-hybridized carbons (Fsp3) is 0.227. The third-order valence-corrected chi connectivity index (χ3v) is 5.85. The number of aryl methyl sites for hydroxylation is 1. The predicted molar refractivity (Wildman–Crippen MR) is 115 cm³/mol. The molecule has 3 rings (SSSR count). The van der Waals surface area contributed by atoms with Crippen molar-refractivity contribution < 1.29 is 24.6 Å². The van der Waals surface area contributed by atoms with Gasteiger partial charge in [-0.1, -0.05) is 60.5 Å². The van der Waals surface area contributed by atoms with Gasteiger partial charge in [-0.3, -0.25) is 14.4 Å². The molecular weight excluding hydrogens is 429 g/mol. The molecular formula is C22H19Cl2NO5. The fourth-order valence-corrected chi connectivity index (χ4v) is 4.46. The smallest absolute Gasteiger partial charge is 0.325 e. The summed E-state index contributed by atoms with van der Waals surface area (Å²) < 4.78 is 1.58. The van der Waals surface area contributed by atoms with E-state index in [1.54, 1.807) is 47.9 Å². The Morgan fingerprint density at radius 1 is 1.00 bits per heavy atom. The van der Waals surface area contributed by atoms with Crippen LogP contribution in [0.4, 0.5) is 0 Å². The third kappa shape index (κ3) is 3.16. The van der Waals surface area contributed by atoms with Gasteiger partial charge < -0.3 is 14.8 Å². The van der Waals surface area contributed by atoms with Gasteiger partial charge in [0.2, 0.25) is 5.78 Å². The highest BCUT2D eigenvalue weighted by atomic mass is 35.5. The molecule has 0 saturated heterocycles. The van der Waals surface area contributed by atoms with Crippen molar-refractivity contribution in [3.05, 3.63) is 69.3 Å². The van der Waals surface area contributed by atoms with Crippen LogP contribution in [0, 0.1) is 0 Å². The molecule has 2 N–H and O–H groups in total. The molecule has 156 valence electrons. The summed E-state index contributed by atoms with van der Waals surface area (Å²) >= 11 is 12.6. The summed E-state index contributed by atoms with van der Waals surface area (Å²) in [6, 6.07) is 11.3. The zero-order valence-electron chi connectivity index (χ0n) is 16.3. The zero-order valence-corrected chi connectivity index (χ0v) is 17.8. The lowest BCUT2D eigenvalue weighted by atomic mass is 9.75. The molecule has 3 aromatic rings. The van der Waals surface area contributed by atoms with E-state index < -0.39 is 23.1 Å². The van der Waals surface area contributed by atoms with Crippen molar-refractivity contribution in [2.45, 2.75) is 32.2 Å². The Kier molecular flexibility index (Phi) is 5.92. The topological polar surface area (TPSA) is 96.6 Å². The maximum atomic E-state index is 13.5. The average Bonchev–Trinajstić information content (AvgIpc) is 3.03. The number of ketones is 1. The van der Waals surface area contributed by atoms with Crippen LogP contribution >= 0.6 is 23.2 Å². The highest BCUT2D eigenvalue weighted by Gasteiger charge is 2.51. The molecule has 0 spiro atoms. The summed E-state index contributed by atoms with van der Waals surface area (Å²) in [4.78, 5) is 38.2. The van der Waals surface area contributed by atoms with E-state index >= 15 is 0 Å². The summed E-state index contributed by atoms with van der Waals surface area (Å²) in [6.07, 6.45) is -0.283. The van der Waals surface area contributed by atoms with Gasteiger partial charge >= 0.3 is 11.9 Å². The van der Waals surface area contributed by atoms with Crippen LogP contribution in [0.5, 0.6) is 0 Å². The number of rotatable bonds is 7. The summed E-state index contributed by atoms with van der Waals surface area (Å²) in [5.74, 6) is -3.63. The normalized spacial score (nSPS) is 11.6. The van der Waals surface area contributed by atoms with Crippen LogP contribution in [0.3, 0.4) is 0 Å². The van der Waals surface area contributed by atoms with Crippen LogP contribution in [-0.4, -0.2) is 32.5 Å². The summed E-state index contributed by atoms with van der Waals surface area (Å²) in [6.45, 7) is 3.51. The molecule has 6 nitrogen and oxygen atoms in total. The van der Waals surface area contributed by atoms with Gasteiger partial charge in [-0.2, -0.15) is 0 Å². The van der Waals surface area contributed by atoms with Gasteiger partial charge in [0.15, 0.2) is 5.41 Å². The first-order valence-electron chi connectivity index (χ1n) is 9.28. The van der Waals surface area contributed by atoms with Gasteiger partial charge in [-0.25, -0.2) is 0 Å². The summed E-state index contributed by atoms with van der Waals surface area (Å²) in [5, 5.41) is 20.7. The molecule has 0 bridgehead atoms. The molecule has 0 radical (unpaired) electrons. The monoisotopic (exact) mass is 447 g/mol. The molecule has 0 fully saturated rings. The zero-order chi connectivity index (χ0) is 22.2. The molecule has 0 aliphatic carbocycles. The number of aromatic nitrogens is 1. The van der Waals surface area contributed by atoms with Crippen LogP contribution in [0.2, 0.25) is 10.0 Å². The average molecular weight is 448 g/mol. The van der Waals surface area contributed by atoms with Crippen molar-refractivity contribution in [3.8, 4) is 0 Å². The van der Waals surface area contributed by atoms with E-state index in [0.717, 1.165) is 0 Å². The molecule has 1 heterocycles. The van der Waals surface area contributed by atoms with Crippen molar-refractivity contribution in [2.75, 3.05) is 0 Å². The van der Waals surface area contributed by atoms with Gasteiger partial charge in [0.25, 0.3) is 0 Å². The van der Waals surface area contributed by atoms with Crippen LogP contribution in [0.25, 0.3) is 10.9 Å². The van der Waals surface area contributed by atoms with E-state index in [2.05, 4.69) is 0 Å². The van der Waals surface area contributed by atoms with E-state index in [0.29, 0.717) is 11.1 Å². The number of hydrogen-bond acceptors (Lipinski definition) is 3. The number of carbonyl (C=O) groups excluding carboxylic acids is 1. The van der Waals surface area contributed by atoms with Crippen molar-refractivity contribution in [1.82, 2.24) is 4.57 Å². The summed E-state index contributed by atoms with van der Waals surface area (Å²) in [5.41, 5.74) is -1.80. The van der Waals surface area contributed by atoms with E-state index in [4.69, 9.17) is 23.2 Å². The lowest BCUT2D eigenvalue weighted by molar-refractivity contribution is -0.157. The quantitative estimate of drug-likeness (QED) is 0.391. The number of carboxylic acid groups (broad SMARTS) is 2. The molecule has 0 unspecified atom stereocenters. The summed E-state index contributed by atoms with van der Waals surface area (Å²) in [7, 11) is 0. The number of carbonyl (C=O) groups is 3. The Balaban J connectivity index is 2.59. The highest BCUT2D eigenvalue weighted by molar-refractivity contribution is 6.39. The number of carboxylic acids is 2. The van der Waals surface area contributed by atoms with E-state index in [9.17, 15) is 24.6 Å². The van der Waals surface area contributed by atoms with Crippen molar-refractivity contribution in [2.24, 2.45) is 0 Å². The first kappa shape index (κ1) is 21.9. The first-order valence-corrected chi connectivity index (χ1v) is 10.0. The molecule has 30 heavy (non-hydrogen) atoms. The number of hydrogen-bond donors (Lipinski definition) is 2. The van der Waals surface area contributed by atoms with Crippen LogP contribution in [0.15, 0.2) is 42.5 Å². The van der Waals surface area contributed by atoms with E-state index in [1.807, 2.05) is 0 Å². The minimum Gasteiger partial charge on any atom is -0.480 e. The van der Waals surface area contributed by atoms with Crippen molar-refractivity contribution in [3.63, 3.8) is 0 Å². The number of nitrogens with zero attached hydrogens (tertiary/aromatic N) is 1. The van der Waals surface area contributed by atoms with Gasteiger partial charge in [-0.05, 0) is 25.5 Å². The molecule has 0 aliphatic rings. The van der Waals surface area contributed by atoms with E-state index in [1.165, 1.54) is 13.0 Å². The SMILES string of the molecule is CCn1c(C(=O)c2ccccc2)c(C(CC)(C(=O)O)C(=O)O)c2c(Cl)cc(Cl)cc21. The number of benzene rings is 2. The number of aliphatic carboxylic acids is 2. The highest BCUT2D eigenvalue weighted by Crippen LogP contribution is 2.44. The number of fused-ring (bicyclic) bond motifs is 1. The lowest BCUT2D eigenvalue weighted by Crippen LogP contribution is -2.44. The van der Waals surface area contributed by atoms with Crippen molar-refractivity contribution >= 4 is 51.8 Å². The van der Waals surface area contributed by atoms with Crippen LogP contribution in [-0.2, 0) is 21.5 Å². The standard InChI is InChI=1S/C22H19Cl2NO5/c1-3-22(20(27)28,21(29)30)17-16-14(24)10-13(23)11-15(16)25(4-2)18(17)19(26)12-8-6-5-7-9-12/h5-11H,3-4H2,1-2H3,(H,27,28)(H,29,30). The van der Waals surface area contributed by atoms with Gasteiger partial charge in [0, 0.05) is 28.1 Å². The second-order valence-corrected chi connectivity index (χ2v) is 7.66. The van der Waals surface area contributed by atoms with Gasteiger partial charge in [0.1, 0.15) is 0 Å². The molecule has 0 aliphatic heterocycles. The van der Waals surface area contributed by atoms with Gasteiger partial charge in [-0.15, -0.1) is 0 Å². The molecule has 0 atom stereocenters. The fourth-order valence-electron chi connectivity index (χ4n) is 3.89. The molecule has 0 saturated carbocycles. The Morgan fingerprint density at radius 2 is 1.60 bits per heavy atom. The second kappa shape index (κ2) is 8.13. The molecule has 0 amide bonds. The molecule has 1 aromatic heterocycles. The minimum absolute atomic E-state index is 0.0190. The van der Waals surface area contributed by atoms with Crippen molar-refractivity contribution in [1.29, 1.82) is 0 Å². The second-order valence-electron chi connectivity index (χ2n) is 6.81. The maximum Gasteiger partial charge on any atom is 0.325 e. The molecule has 8 heteroatoms. The van der Waals surface area contributed by atoms with E-state index in [-0.39, 0.29) is 39.7 Å². The Morgan fingerprint density at radius 3 is 2.10 bits per heavy atom. The number of halogens is 2. The Labute approximate surface area is 182 Å². The Hall–Kier alpha value is -2.83. The predicted octanol–water partition coefficient (Wildman–Crippen LogP) is 5.02. The first-order chi connectivity index (χ1) is 14.2. The Bertz CT molecular complexity index is 1150. The third-order valence-electron chi connectivity index (χ3n) is 5.34. The lowest BCUT2D eigenvalue weighted by Gasteiger charge is -2.25.